The molecule has 0 bridgehead atoms. The number of amides is 1. The monoisotopic (exact) mass is 341 g/mol. The number of aromatic nitrogens is 2. The fourth-order valence-electron chi connectivity index (χ4n) is 2.21. The zero-order chi connectivity index (χ0) is 16.9. The van der Waals surface area contributed by atoms with Crippen LogP contribution in [0.5, 0.6) is 0 Å². The van der Waals surface area contributed by atoms with Crippen LogP contribution in [0.25, 0.3) is 0 Å². The average molecular weight is 342 g/mol. The predicted octanol–water partition coefficient (Wildman–Crippen LogP) is 4.13. The number of hydrogen-bond donors (Lipinski definition) is 1. The van der Waals surface area contributed by atoms with Crippen LogP contribution in [0.15, 0.2) is 52.9 Å². The van der Waals surface area contributed by atoms with Crippen LogP contribution in [-0.2, 0) is 12.8 Å². The van der Waals surface area contributed by atoms with Gasteiger partial charge in [-0.15, -0.1) is 5.10 Å². The number of hydrogen-bond acceptors (Lipinski definition) is 4. The molecule has 0 spiro atoms. The number of carbonyl (C=O) groups is 1. The third-order valence-electron chi connectivity index (χ3n) is 3.58. The summed E-state index contributed by atoms with van der Waals surface area (Å²) in [6, 6.07) is 14.9. The van der Waals surface area contributed by atoms with Crippen molar-refractivity contribution in [2.24, 2.45) is 0 Å². The maximum atomic E-state index is 12.1. The second-order valence-electron chi connectivity index (χ2n) is 5.31. The Balaban J connectivity index is 1.64. The molecule has 1 amide bonds. The third kappa shape index (κ3) is 4.00. The summed E-state index contributed by atoms with van der Waals surface area (Å²) >= 11 is 5.80. The molecule has 3 aromatic rings. The van der Waals surface area contributed by atoms with Crippen LogP contribution in [-0.4, -0.2) is 16.1 Å². The lowest BCUT2D eigenvalue weighted by molar-refractivity contribution is 0.102. The van der Waals surface area contributed by atoms with Gasteiger partial charge < -0.3 is 4.42 Å². The number of nitrogens with zero attached hydrogens (tertiary/aromatic N) is 2. The van der Waals surface area contributed by atoms with Crippen molar-refractivity contribution < 1.29 is 9.21 Å². The van der Waals surface area contributed by atoms with Crippen molar-refractivity contribution in [3.05, 3.63) is 76.1 Å². The first-order valence-corrected chi connectivity index (χ1v) is 7.99. The van der Waals surface area contributed by atoms with Gasteiger partial charge in [0.25, 0.3) is 5.91 Å². The fourth-order valence-corrected chi connectivity index (χ4v) is 2.34. The summed E-state index contributed by atoms with van der Waals surface area (Å²) in [5, 5.41) is 11.0. The van der Waals surface area contributed by atoms with Gasteiger partial charge in [-0.1, -0.05) is 47.9 Å². The lowest BCUT2D eigenvalue weighted by Crippen LogP contribution is -2.11. The highest BCUT2D eigenvalue weighted by molar-refractivity contribution is 6.30. The van der Waals surface area contributed by atoms with Crippen LogP contribution >= 0.6 is 11.6 Å². The molecule has 1 aromatic heterocycles. The van der Waals surface area contributed by atoms with Crippen molar-refractivity contribution in [3.63, 3.8) is 0 Å². The number of aryl methyl sites for hydroxylation is 1. The second kappa shape index (κ2) is 7.27. The number of rotatable bonds is 5. The first-order valence-electron chi connectivity index (χ1n) is 7.61. The lowest BCUT2D eigenvalue weighted by atomic mass is 10.1. The van der Waals surface area contributed by atoms with Gasteiger partial charge in [0.1, 0.15) is 0 Å². The van der Waals surface area contributed by atoms with Crippen molar-refractivity contribution >= 4 is 23.5 Å². The van der Waals surface area contributed by atoms with E-state index in [9.17, 15) is 4.79 Å². The Hall–Kier alpha value is -2.66. The molecule has 0 saturated carbocycles. The number of anilines is 1. The van der Waals surface area contributed by atoms with Crippen molar-refractivity contribution in [2.45, 2.75) is 19.8 Å². The Kier molecular flexibility index (Phi) is 4.91. The zero-order valence-electron chi connectivity index (χ0n) is 13.1. The largest absolute Gasteiger partial charge is 0.407 e. The Labute approximate surface area is 144 Å². The van der Waals surface area contributed by atoms with E-state index in [1.807, 2.05) is 12.1 Å². The molecule has 0 unspecified atom stereocenters. The molecule has 0 aliphatic heterocycles. The van der Waals surface area contributed by atoms with E-state index in [0.29, 0.717) is 22.9 Å². The minimum Gasteiger partial charge on any atom is -0.407 e. The van der Waals surface area contributed by atoms with Gasteiger partial charge >= 0.3 is 6.01 Å². The van der Waals surface area contributed by atoms with E-state index in [-0.39, 0.29) is 11.9 Å². The Morgan fingerprint density at radius 1 is 1.04 bits per heavy atom. The van der Waals surface area contributed by atoms with Crippen molar-refractivity contribution in [2.75, 3.05) is 5.32 Å². The molecule has 0 fully saturated rings. The zero-order valence-corrected chi connectivity index (χ0v) is 13.9. The highest BCUT2D eigenvalue weighted by Crippen LogP contribution is 2.14. The van der Waals surface area contributed by atoms with Gasteiger partial charge in [0.05, 0.1) is 6.42 Å². The molecule has 5 nitrogen and oxygen atoms in total. The van der Waals surface area contributed by atoms with E-state index < -0.39 is 0 Å². The summed E-state index contributed by atoms with van der Waals surface area (Å²) < 4.78 is 5.48. The minimum atomic E-state index is -0.325. The number of carbonyl (C=O) groups excluding carboxylic acids is 1. The molecule has 24 heavy (non-hydrogen) atoms. The van der Waals surface area contributed by atoms with E-state index in [4.69, 9.17) is 16.0 Å². The van der Waals surface area contributed by atoms with Gasteiger partial charge in [-0.25, -0.2) is 0 Å². The summed E-state index contributed by atoms with van der Waals surface area (Å²) in [5.74, 6) is 0.125. The number of nitrogens with one attached hydrogen (secondary N) is 1. The van der Waals surface area contributed by atoms with Gasteiger partial charge in [0.2, 0.25) is 5.89 Å². The minimum absolute atomic E-state index is 0.0788. The van der Waals surface area contributed by atoms with E-state index in [1.165, 1.54) is 5.56 Å². The molecule has 122 valence electrons. The summed E-state index contributed by atoms with van der Waals surface area (Å²) in [7, 11) is 0. The normalized spacial score (nSPS) is 10.6. The van der Waals surface area contributed by atoms with Crippen molar-refractivity contribution in [1.29, 1.82) is 0 Å². The average Bonchev–Trinajstić information content (AvgIpc) is 3.03. The van der Waals surface area contributed by atoms with E-state index in [1.54, 1.807) is 24.3 Å². The van der Waals surface area contributed by atoms with Crippen LogP contribution in [0, 0.1) is 0 Å². The first kappa shape index (κ1) is 16.2. The summed E-state index contributed by atoms with van der Waals surface area (Å²) in [6.07, 6.45) is 1.52. The molecule has 0 aliphatic carbocycles. The van der Waals surface area contributed by atoms with Gasteiger partial charge in [-0.3, -0.25) is 10.1 Å². The lowest BCUT2D eigenvalue weighted by Gasteiger charge is -2.01. The van der Waals surface area contributed by atoms with E-state index >= 15 is 0 Å². The maximum Gasteiger partial charge on any atom is 0.322 e. The van der Waals surface area contributed by atoms with Gasteiger partial charge in [0.15, 0.2) is 0 Å². The van der Waals surface area contributed by atoms with Crippen LogP contribution in [0.2, 0.25) is 5.02 Å². The third-order valence-corrected chi connectivity index (χ3v) is 3.83. The molecular weight excluding hydrogens is 326 g/mol. The molecule has 2 aromatic carbocycles. The van der Waals surface area contributed by atoms with Crippen LogP contribution in [0.3, 0.4) is 0 Å². The Bertz CT molecular complexity index is 826. The quantitative estimate of drug-likeness (QED) is 0.757. The molecule has 0 atom stereocenters. The molecule has 1 N–H and O–H groups in total. The van der Waals surface area contributed by atoms with Gasteiger partial charge in [0, 0.05) is 10.6 Å². The highest BCUT2D eigenvalue weighted by atomic mass is 35.5. The molecule has 0 saturated heterocycles. The van der Waals surface area contributed by atoms with Crippen molar-refractivity contribution in [3.8, 4) is 0 Å². The molecule has 1 heterocycles. The van der Waals surface area contributed by atoms with Gasteiger partial charge in [-0.05, 0) is 41.8 Å². The number of halogens is 1. The summed E-state index contributed by atoms with van der Waals surface area (Å²) in [6.45, 7) is 2.11. The SMILES string of the molecule is CCc1ccc(Cc2nnc(NC(=O)c3ccc(Cl)cc3)o2)cc1. The highest BCUT2D eigenvalue weighted by Gasteiger charge is 2.12. The maximum absolute atomic E-state index is 12.1. The van der Waals surface area contributed by atoms with E-state index in [2.05, 4.69) is 34.6 Å². The van der Waals surface area contributed by atoms with Crippen molar-refractivity contribution in [1.82, 2.24) is 10.2 Å². The second-order valence-corrected chi connectivity index (χ2v) is 5.75. The van der Waals surface area contributed by atoms with Crippen LogP contribution in [0.1, 0.15) is 34.3 Å². The standard InChI is InChI=1S/C18H16ClN3O2/c1-2-12-3-5-13(6-4-12)11-16-21-22-18(24-16)20-17(23)14-7-9-15(19)10-8-14/h3-10H,2,11H2,1H3,(H,20,22,23). The molecule has 6 heteroatoms. The van der Waals surface area contributed by atoms with Gasteiger partial charge in [-0.2, -0.15) is 0 Å². The first-order chi connectivity index (χ1) is 11.6. The van der Waals surface area contributed by atoms with Crippen LogP contribution in [0.4, 0.5) is 6.01 Å². The molecular formula is C18H16ClN3O2. The molecule has 3 rings (SSSR count). The predicted molar refractivity (Wildman–Crippen MR) is 92.3 cm³/mol. The fraction of sp³-hybridized carbons (Fsp3) is 0.167. The molecule has 0 aliphatic rings. The Morgan fingerprint density at radius 2 is 1.71 bits per heavy atom. The smallest absolute Gasteiger partial charge is 0.322 e. The van der Waals surface area contributed by atoms with Crippen LogP contribution < -0.4 is 5.32 Å². The Morgan fingerprint density at radius 3 is 2.38 bits per heavy atom. The molecule has 0 radical (unpaired) electrons. The summed E-state index contributed by atoms with van der Waals surface area (Å²) in [5.41, 5.74) is 2.82. The number of benzene rings is 2. The topological polar surface area (TPSA) is 68.0 Å². The summed E-state index contributed by atoms with van der Waals surface area (Å²) in [4.78, 5) is 12.1. The van der Waals surface area contributed by atoms with E-state index in [0.717, 1.165) is 12.0 Å².